The Balaban J connectivity index is 2.77. The van der Waals surface area contributed by atoms with Crippen molar-refractivity contribution in [3.8, 4) is 0 Å². The average Bonchev–Trinajstić information content (AvgIpc) is 2.58. The molecule has 0 fully saturated rings. The third-order valence-electron chi connectivity index (χ3n) is 4.78. The van der Waals surface area contributed by atoms with Gasteiger partial charge in [-0.1, -0.05) is 35.9 Å². The third-order valence-corrected chi connectivity index (χ3v) is 4.78. The van der Waals surface area contributed by atoms with Crippen molar-refractivity contribution in [2.24, 2.45) is 0 Å². The van der Waals surface area contributed by atoms with E-state index in [0.29, 0.717) is 0 Å². The SMILES string of the molecule is Cc1[cH-]c2[cH-]c(C)c(C)c3c(C)c(C)c(c1C)c23. The molecule has 0 aliphatic carbocycles. The zero-order chi connectivity index (χ0) is 13.2. The van der Waals surface area contributed by atoms with Crippen LogP contribution in [0.25, 0.3) is 21.5 Å². The van der Waals surface area contributed by atoms with Crippen molar-refractivity contribution >= 4 is 21.5 Å². The maximum Gasteiger partial charge on any atom is -0.0405 e. The van der Waals surface area contributed by atoms with Gasteiger partial charge in [0.25, 0.3) is 0 Å². The van der Waals surface area contributed by atoms with Crippen molar-refractivity contribution in [3.05, 3.63) is 45.5 Å². The van der Waals surface area contributed by atoms with E-state index in [2.05, 4.69) is 53.7 Å². The molecule has 0 aliphatic rings. The fraction of sp³-hybridized carbons (Fsp3) is 0.333. The standard InChI is InChI=1S/C18H20/c1-9-7-15-8-10(2)12(4)17-14(6)13(5)16(11(9)3)18(15)17/h7-8H,1-6H3/q-2. The number of benzene rings is 2. The predicted molar refractivity (Wildman–Crippen MR) is 81.1 cm³/mol. The first-order valence-corrected chi connectivity index (χ1v) is 6.65. The van der Waals surface area contributed by atoms with Crippen LogP contribution in [0.15, 0.2) is 12.1 Å². The molecular weight excluding hydrogens is 216 g/mol. The lowest BCUT2D eigenvalue weighted by Gasteiger charge is -2.25. The molecule has 0 nitrogen and oxygen atoms in total. The van der Waals surface area contributed by atoms with Gasteiger partial charge < -0.3 is 0 Å². The van der Waals surface area contributed by atoms with E-state index in [4.69, 9.17) is 0 Å². The number of aryl methyl sites for hydroxylation is 6. The lowest BCUT2D eigenvalue weighted by atomic mass is 9.94. The minimum absolute atomic E-state index is 1.40. The molecule has 94 valence electrons. The van der Waals surface area contributed by atoms with Gasteiger partial charge in [0.05, 0.1) is 0 Å². The van der Waals surface area contributed by atoms with E-state index < -0.39 is 0 Å². The molecule has 0 aliphatic heterocycles. The summed E-state index contributed by atoms with van der Waals surface area (Å²) in [6.45, 7) is 13.5. The third kappa shape index (κ3) is 1.21. The van der Waals surface area contributed by atoms with Crippen LogP contribution < -0.4 is 0 Å². The van der Waals surface area contributed by atoms with Crippen molar-refractivity contribution in [1.29, 1.82) is 0 Å². The van der Waals surface area contributed by atoms with Crippen LogP contribution in [0.4, 0.5) is 0 Å². The van der Waals surface area contributed by atoms with Crippen LogP contribution in [0.2, 0.25) is 0 Å². The highest BCUT2D eigenvalue weighted by atomic mass is 14.2. The molecule has 3 aromatic carbocycles. The molecule has 3 aromatic rings. The number of rotatable bonds is 0. The van der Waals surface area contributed by atoms with E-state index in [1.807, 2.05) is 0 Å². The summed E-state index contributed by atoms with van der Waals surface area (Å²) >= 11 is 0. The summed E-state index contributed by atoms with van der Waals surface area (Å²) < 4.78 is 0. The van der Waals surface area contributed by atoms with Gasteiger partial charge in [-0.15, -0.1) is 12.5 Å². The molecule has 0 bridgehead atoms. The van der Waals surface area contributed by atoms with Crippen LogP contribution in [-0.4, -0.2) is 0 Å². The molecule has 0 radical (unpaired) electrons. The maximum atomic E-state index is 2.34. The molecule has 0 aromatic heterocycles. The Morgan fingerprint density at radius 3 is 1.28 bits per heavy atom. The van der Waals surface area contributed by atoms with Crippen molar-refractivity contribution in [1.82, 2.24) is 0 Å². The van der Waals surface area contributed by atoms with Gasteiger partial charge in [0.2, 0.25) is 0 Å². The van der Waals surface area contributed by atoms with Crippen LogP contribution in [0.3, 0.4) is 0 Å². The van der Waals surface area contributed by atoms with E-state index in [-0.39, 0.29) is 0 Å². The van der Waals surface area contributed by atoms with Crippen molar-refractivity contribution < 1.29 is 0 Å². The number of hydrogen-bond acceptors (Lipinski definition) is 0. The highest BCUT2D eigenvalue weighted by molar-refractivity contribution is 6.18. The van der Waals surface area contributed by atoms with Gasteiger partial charge in [0.1, 0.15) is 0 Å². The topological polar surface area (TPSA) is 0 Å². The molecule has 0 amide bonds. The summed E-state index contributed by atoms with van der Waals surface area (Å²) in [7, 11) is 0. The Hall–Kier alpha value is -1.56. The first-order chi connectivity index (χ1) is 8.43. The summed E-state index contributed by atoms with van der Waals surface area (Å²) in [6, 6.07) is 4.69. The maximum absolute atomic E-state index is 2.34. The zero-order valence-electron chi connectivity index (χ0n) is 12.2. The second-order valence-corrected chi connectivity index (χ2v) is 5.74. The first-order valence-electron chi connectivity index (χ1n) is 6.65. The summed E-state index contributed by atoms with van der Waals surface area (Å²) in [5.74, 6) is 0. The largest absolute Gasteiger partial charge is 0.264 e. The van der Waals surface area contributed by atoms with Gasteiger partial charge >= 0.3 is 0 Å². The minimum Gasteiger partial charge on any atom is -0.264 e. The molecule has 18 heavy (non-hydrogen) atoms. The zero-order valence-corrected chi connectivity index (χ0v) is 12.2. The molecular formula is C18H20-2. The van der Waals surface area contributed by atoms with Crippen LogP contribution >= 0.6 is 0 Å². The molecule has 0 N–H and O–H groups in total. The Labute approximate surface area is 109 Å². The molecule has 0 spiro atoms. The summed E-state index contributed by atoms with van der Waals surface area (Å²) in [5.41, 5.74) is 8.62. The molecule has 0 atom stereocenters. The van der Waals surface area contributed by atoms with E-state index in [9.17, 15) is 0 Å². The van der Waals surface area contributed by atoms with Gasteiger partial charge in [-0.05, 0) is 20.8 Å². The minimum atomic E-state index is 1.40. The van der Waals surface area contributed by atoms with E-state index in [0.717, 1.165) is 0 Å². The van der Waals surface area contributed by atoms with Gasteiger partial charge in [0, 0.05) is 0 Å². The molecule has 0 heterocycles. The van der Waals surface area contributed by atoms with Gasteiger partial charge in [-0.2, -0.15) is 10.8 Å². The second kappa shape index (κ2) is 3.47. The van der Waals surface area contributed by atoms with Crippen molar-refractivity contribution in [2.75, 3.05) is 0 Å². The summed E-state index contributed by atoms with van der Waals surface area (Å²) in [6.07, 6.45) is 0. The van der Waals surface area contributed by atoms with Crippen LogP contribution in [-0.2, 0) is 0 Å². The second-order valence-electron chi connectivity index (χ2n) is 5.74. The highest BCUT2D eigenvalue weighted by Gasteiger charge is 2.06. The smallest absolute Gasteiger partial charge is 0.0405 e. The average molecular weight is 236 g/mol. The Morgan fingerprint density at radius 2 is 0.889 bits per heavy atom. The molecule has 0 heteroatoms. The fourth-order valence-electron chi connectivity index (χ4n) is 3.36. The van der Waals surface area contributed by atoms with Gasteiger partial charge in [-0.3, -0.25) is 5.39 Å². The summed E-state index contributed by atoms with van der Waals surface area (Å²) in [4.78, 5) is 0. The Morgan fingerprint density at radius 1 is 0.500 bits per heavy atom. The monoisotopic (exact) mass is 236 g/mol. The van der Waals surface area contributed by atoms with E-state index >= 15 is 0 Å². The lowest BCUT2D eigenvalue weighted by Crippen LogP contribution is -1.88. The van der Waals surface area contributed by atoms with E-state index in [1.165, 1.54) is 54.9 Å². The quantitative estimate of drug-likeness (QED) is 0.466. The van der Waals surface area contributed by atoms with Crippen LogP contribution in [0.1, 0.15) is 33.4 Å². The Bertz CT molecular complexity index is 713. The predicted octanol–water partition coefficient (Wildman–Crippen LogP) is 5.28. The van der Waals surface area contributed by atoms with Gasteiger partial charge in [-0.25, -0.2) is 23.3 Å². The molecule has 0 saturated carbocycles. The Kier molecular flexibility index (Phi) is 2.22. The normalized spacial score (nSPS) is 11.9. The lowest BCUT2D eigenvalue weighted by molar-refractivity contribution is 1.37. The van der Waals surface area contributed by atoms with E-state index in [1.54, 1.807) is 0 Å². The summed E-state index contributed by atoms with van der Waals surface area (Å²) in [5, 5.41) is 5.86. The van der Waals surface area contributed by atoms with Crippen LogP contribution in [0, 0.1) is 41.5 Å². The van der Waals surface area contributed by atoms with Crippen molar-refractivity contribution in [2.45, 2.75) is 41.5 Å². The van der Waals surface area contributed by atoms with Crippen LogP contribution in [0.5, 0.6) is 0 Å². The highest BCUT2D eigenvalue weighted by Crippen LogP contribution is 2.41. The van der Waals surface area contributed by atoms with Gasteiger partial charge in [0.15, 0.2) is 0 Å². The molecule has 0 saturated heterocycles. The number of hydrogen-bond donors (Lipinski definition) is 0. The molecule has 3 rings (SSSR count). The fourth-order valence-corrected chi connectivity index (χ4v) is 3.36. The molecule has 0 unspecified atom stereocenters. The first kappa shape index (κ1) is 11.5. The van der Waals surface area contributed by atoms with Crippen molar-refractivity contribution in [3.63, 3.8) is 0 Å².